The van der Waals surface area contributed by atoms with Crippen LogP contribution in [0.25, 0.3) is 0 Å². The van der Waals surface area contributed by atoms with Gasteiger partial charge in [0.2, 0.25) is 0 Å². The van der Waals surface area contributed by atoms with E-state index in [0.717, 1.165) is 11.3 Å². The van der Waals surface area contributed by atoms with Crippen LogP contribution in [0.4, 0.5) is 10.8 Å². The first-order chi connectivity index (χ1) is 14.2. The molecule has 162 valence electrons. The first-order valence-electron chi connectivity index (χ1n) is 9.06. The molecule has 0 saturated carbocycles. The number of nitrogens with one attached hydrogen (secondary N) is 1. The minimum Gasteiger partial charge on any atom is -0.465 e. The van der Waals surface area contributed by atoms with E-state index in [1.807, 2.05) is 0 Å². The summed E-state index contributed by atoms with van der Waals surface area (Å²) in [5.74, 6) is -2.24. The summed E-state index contributed by atoms with van der Waals surface area (Å²) < 4.78 is 11.0. The fraction of sp³-hybridized carbons (Fsp3) is 0.444. The van der Waals surface area contributed by atoms with Crippen molar-refractivity contribution in [1.82, 2.24) is 9.78 Å². The number of esters is 2. The number of nitro groups is 1. The molecule has 1 N–H and O–H groups in total. The molecule has 1 amide bonds. The number of hydrogen-bond acceptors (Lipinski definition) is 9. The molecular weight excluding hydrogens is 416 g/mol. The van der Waals surface area contributed by atoms with E-state index in [9.17, 15) is 24.5 Å². The van der Waals surface area contributed by atoms with E-state index in [1.165, 1.54) is 17.9 Å². The van der Waals surface area contributed by atoms with E-state index >= 15 is 0 Å². The lowest BCUT2D eigenvalue weighted by molar-refractivity contribution is -0.389. The highest BCUT2D eigenvalue weighted by Gasteiger charge is 2.31. The zero-order valence-corrected chi connectivity index (χ0v) is 18.0. The molecule has 2 rings (SSSR count). The van der Waals surface area contributed by atoms with Crippen molar-refractivity contribution < 1.29 is 28.8 Å². The quantitative estimate of drug-likeness (QED) is 0.376. The van der Waals surface area contributed by atoms with Crippen LogP contribution >= 0.6 is 11.3 Å². The van der Waals surface area contributed by atoms with Crippen molar-refractivity contribution in [2.45, 2.75) is 40.2 Å². The first kappa shape index (κ1) is 23.0. The van der Waals surface area contributed by atoms with Gasteiger partial charge in [-0.3, -0.25) is 4.79 Å². The Balaban J connectivity index is 2.43. The second kappa shape index (κ2) is 9.48. The minimum absolute atomic E-state index is 0.0527. The van der Waals surface area contributed by atoms with Crippen LogP contribution in [-0.2, 0) is 14.3 Å². The Hall–Kier alpha value is -3.28. The molecule has 0 fully saturated rings. The van der Waals surface area contributed by atoms with E-state index in [0.29, 0.717) is 11.3 Å². The Morgan fingerprint density at radius 1 is 1.30 bits per heavy atom. The highest BCUT2D eigenvalue weighted by Crippen LogP contribution is 2.35. The largest absolute Gasteiger partial charge is 0.465 e. The predicted octanol–water partition coefficient (Wildman–Crippen LogP) is 3.02. The van der Waals surface area contributed by atoms with Crippen molar-refractivity contribution in [2.24, 2.45) is 0 Å². The van der Waals surface area contributed by atoms with Crippen LogP contribution < -0.4 is 5.32 Å². The lowest BCUT2D eigenvalue weighted by atomic mass is 10.1. The second-order valence-electron chi connectivity index (χ2n) is 6.23. The van der Waals surface area contributed by atoms with Gasteiger partial charge in [-0.1, -0.05) is 6.92 Å². The molecule has 0 spiro atoms. The third-order valence-electron chi connectivity index (χ3n) is 4.32. The highest BCUT2D eigenvalue weighted by molar-refractivity contribution is 7.18. The maximum Gasteiger partial charge on any atom is 0.390 e. The third kappa shape index (κ3) is 4.48. The van der Waals surface area contributed by atoms with Crippen LogP contribution in [0, 0.1) is 24.0 Å². The maximum atomic E-state index is 13.0. The summed E-state index contributed by atoms with van der Waals surface area (Å²) in [7, 11) is 1.19. The molecule has 0 aliphatic rings. The zero-order chi connectivity index (χ0) is 22.6. The number of hydrogen-bond donors (Lipinski definition) is 1. The SMILES string of the molecule is CCOC(=O)c1sc(NC(=O)C(CC)n2nc([N+](=O)[O-])cc2C)c(C(=O)OC)c1C. The topological polar surface area (TPSA) is 143 Å². The maximum absolute atomic E-state index is 13.0. The Labute approximate surface area is 176 Å². The fourth-order valence-electron chi connectivity index (χ4n) is 2.88. The normalized spacial score (nSPS) is 11.6. The van der Waals surface area contributed by atoms with Crippen molar-refractivity contribution in [3.8, 4) is 0 Å². The Morgan fingerprint density at radius 3 is 2.47 bits per heavy atom. The third-order valence-corrected chi connectivity index (χ3v) is 5.50. The number of anilines is 1. The fourth-order valence-corrected chi connectivity index (χ4v) is 3.97. The number of carbonyl (C=O) groups is 3. The number of carbonyl (C=O) groups excluding carboxylic acids is 3. The van der Waals surface area contributed by atoms with Gasteiger partial charge in [0.1, 0.15) is 9.88 Å². The molecule has 0 bridgehead atoms. The van der Waals surface area contributed by atoms with Crippen molar-refractivity contribution >= 4 is 40.0 Å². The average molecular weight is 438 g/mol. The first-order valence-corrected chi connectivity index (χ1v) is 9.87. The number of amides is 1. The predicted molar refractivity (Wildman–Crippen MR) is 108 cm³/mol. The van der Waals surface area contributed by atoms with Crippen LogP contribution in [-0.4, -0.2) is 46.3 Å². The van der Waals surface area contributed by atoms with Crippen molar-refractivity contribution in [2.75, 3.05) is 19.0 Å². The summed E-state index contributed by atoms with van der Waals surface area (Å²) in [6.45, 7) is 6.69. The van der Waals surface area contributed by atoms with Crippen molar-refractivity contribution in [3.05, 3.63) is 37.9 Å². The van der Waals surface area contributed by atoms with Crippen LogP contribution in [0.15, 0.2) is 6.07 Å². The second-order valence-corrected chi connectivity index (χ2v) is 7.25. The number of methoxy groups -OCH3 is 1. The Kier molecular flexibility index (Phi) is 7.27. The molecule has 2 aromatic rings. The summed E-state index contributed by atoms with van der Waals surface area (Å²) in [5.41, 5.74) is 0.822. The molecule has 0 aliphatic heterocycles. The van der Waals surface area contributed by atoms with Gasteiger partial charge in [0.25, 0.3) is 5.91 Å². The summed E-state index contributed by atoms with van der Waals surface area (Å²) >= 11 is 0.898. The smallest absolute Gasteiger partial charge is 0.390 e. The van der Waals surface area contributed by atoms with Crippen LogP contribution in [0.1, 0.15) is 57.6 Å². The molecule has 11 nitrogen and oxygen atoms in total. The summed E-state index contributed by atoms with van der Waals surface area (Å²) in [4.78, 5) is 47.9. The van der Waals surface area contributed by atoms with Crippen LogP contribution in [0.5, 0.6) is 0 Å². The lowest BCUT2D eigenvalue weighted by Crippen LogP contribution is -2.27. The molecule has 2 heterocycles. The van der Waals surface area contributed by atoms with Gasteiger partial charge in [-0.05, 0) is 37.7 Å². The van der Waals surface area contributed by atoms with E-state index < -0.39 is 28.8 Å². The monoisotopic (exact) mass is 438 g/mol. The van der Waals surface area contributed by atoms with Gasteiger partial charge in [-0.2, -0.15) is 4.68 Å². The molecular formula is C18H22N4O7S. The average Bonchev–Trinajstić information content (AvgIpc) is 3.22. The molecule has 0 aliphatic carbocycles. The van der Waals surface area contributed by atoms with Gasteiger partial charge < -0.3 is 24.9 Å². The molecule has 2 aromatic heterocycles. The lowest BCUT2D eigenvalue weighted by Gasteiger charge is -2.14. The number of rotatable bonds is 8. The number of ether oxygens (including phenoxy) is 2. The summed E-state index contributed by atoms with van der Waals surface area (Å²) in [5, 5.41) is 17.6. The van der Waals surface area contributed by atoms with Gasteiger partial charge >= 0.3 is 17.8 Å². The van der Waals surface area contributed by atoms with E-state index in [2.05, 4.69) is 10.4 Å². The minimum atomic E-state index is -0.863. The van der Waals surface area contributed by atoms with E-state index in [4.69, 9.17) is 9.47 Å². The van der Waals surface area contributed by atoms with Crippen molar-refractivity contribution in [3.63, 3.8) is 0 Å². The molecule has 0 saturated heterocycles. The number of thiophene rings is 1. The van der Waals surface area contributed by atoms with Crippen LogP contribution in [0.3, 0.4) is 0 Å². The standard InChI is InChI=1S/C18H22N4O7S/c1-6-11(21-9(3)8-12(20-21)22(26)27)15(23)19-16-13(17(24)28-5)10(4)14(30-16)18(25)29-7-2/h8,11H,6-7H2,1-5H3,(H,19,23). The number of aryl methyl sites for hydroxylation is 1. The molecule has 0 radical (unpaired) electrons. The zero-order valence-electron chi connectivity index (χ0n) is 17.2. The summed E-state index contributed by atoms with van der Waals surface area (Å²) in [6.07, 6.45) is 0.286. The van der Waals surface area contributed by atoms with Gasteiger partial charge in [0, 0.05) is 0 Å². The molecule has 1 unspecified atom stereocenters. The van der Waals surface area contributed by atoms with E-state index in [-0.39, 0.29) is 34.3 Å². The molecule has 1 atom stereocenters. The summed E-state index contributed by atoms with van der Waals surface area (Å²) in [6, 6.07) is 0.405. The molecule has 12 heteroatoms. The van der Waals surface area contributed by atoms with Gasteiger partial charge in [-0.25, -0.2) is 9.59 Å². The number of nitrogens with zero attached hydrogens (tertiary/aromatic N) is 3. The van der Waals surface area contributed by atoms with E-state index in [1.54, 1.807) is 27.7 Å². The Morgan fingerprint density at radius 2 is 1.97 bits per heavy atom. The van der Waals surface area contributed by atoms with Gasteiger partial charge in [-0.15, -0.1) is 11.3 Å². The molecule has 30 heavy (non-hydrogen) atoms. The van der Waals surface area contributed by atoms with Gasteiger partial charge in [0.15, 0.2) is 6.04 Å². The number of aromatic nitrogens is 2. The highest BCUT2D eigenvalue weighted by atomic mass is 32.1. The Bertz CT molecular complexity index is 995. The van der Waals surface area contributed by atoms with Crippen molar-refractivity contribution in [1.29, 1.82) is 0 Å². The van der Waals surface area contributed by atoms with Gasteiger partial charge in [0.05, 0.1) is 36.1 Å². The van der Waals surface area contributed by atoms with Crippen LogP contribution in [0.2, 0.25) is 0 Å². The molecule has 0 aromatic carbocycles.